The average molecular weight is 326 g/mol. The number of carbonyl (C=O) groups is 1. The summed E-state index contributed by atoms with van der Waals surface area (Å²) in [6.45, 7) is 2.32. The molecule has 1 N–H and O–H groups in total. The second-order valence-corrected chi connectivity index (χ2v) is 5.86. The van der Waals surface area contributed by atoms with Crippen LogP contribution in [0.4, 0.5) is 5.13 Å². The fraction of sp³-hybridized carbons (Fsp3) is 0.125. The smallest absolute Gasteiger partial charge is 0.257 e. The van der Waals surface area contributed by atoms with Gasteiger partial charge in [0.1, 0.15) is 12.4 Å². The van der Waals surface area contributed by atoms with E-state index in [-0.39, 0.29) is 5.91 Å². The lowest BCUT2D eigenvalue weighted by molar-refractivity contribution is 0.102. The lowest BCUT2D eigenvalue weighted by Crippen LogP contribution is -2.11. The van der Waals surface area contributed by atoms with Gasteiger partial charge >= 0.3 is 0 Å². The number of ether oxygens (including phenoxy) is 1. The van der Waals surface area contributed by atoms with Crippen LogP contribution in [0.15, 0.2) is 48.8 Å². The summed E-state index contributed by atoms with van der Waals surface area (Å²) in [4.78, 5) is 15.9. The van der Waals surface area contributed by atoms with E-state index in [1.165, 1.54) is 11.3 Å². The fourth-order valence-corrected chi connectivity index (χ4v) is 2.53. The molecule has 0 aliphatic carbocycles. The van der Waals surface area contributed by atoms with E-state index in [4.69, 9.17) is 4.74 Å². The normalized spacial score (nSPS) is 10.3. The van der Waals surface area contributed by atoms with Gasteiger partial charge in [-0.05, 0) is 36.8 Å². The molecule has 0 aliphatic rings. The van der Waals surface area contributed by atoms with Crippen molar-refractivity contribution in [1.82, 2.24) is 15.2 Å². The average Bonchev–Trinajstić information content (AvgIpc) is 3.01. The predicted octanol–water partition coefficient (Wildman–Crippen LogP) is 3.07. The number of hydrogen-bond acceptors (Lipinski definition) is 6. The maximum absolute atomic E-state index is 12.0. The molecule has 7 heteroatoms. The molecule has 0 aliphatic heterocycles. The van der Waals surface area contributed by atoms with Gasteiger partial charge < -0.3 is 4.74 Å². The van der Waals surface area contributed by atoms with Gasteiger partial charge in [-0.1, -0.05) is 23.5 Å². The first kappa shape index (κ1) is 15.1. The highest BCUT2D eigenvalue weighted by Crippen LogP contribution is 2.19. The quantitative estimate of drug-likeness (QED) is 0.779. The van der Waals surface area contributed by atoms with Crippen molar-refractivity contribution < 1.29 is 9.53 Å². The third-order valence-corrected chi connectivity index (χ3v) is 3.79. The number of hydrogen-bond donors (Lipinski definition) is 1. The van der Waals surface area contributed by atoms with E-state index >= 15 is 0 Å². The van der Waals surface area contributed by atoms with Gasteiger partial charge in [0.25, 0.3) is 5.91 Å². The molecule has 0 saturated carbocycles. The Labute approximate surface area is 137 Å². The van der Waals surface area contributed by atoms with Gasteiger partial charge in [0.15, 0.2) is 5.01 Å². The zero-order valence-corrected chi connectivity index (χ0v) is 13.2. The van der Waals surface area contributed by atoms with Crippen LogP contribution in [0.1, 0.15) is 20.9 Å². The highest BCUT2D eigenvalue weighted by Gasteiger charge is 2.10. The van der Waals surface area contributed by atoms with Crippen LogP contribution in [0.25, 0.3) is 0 Å². The zero-order chi connectivity index (χ0) is 16.1. The Bertz CT molecular complexity index is 805. The second-order valence-electron chi connectivity index (χ2n) is 4.80. The lowest BCUT2D eigenvalue weighted by atomic mass is 10.2. The Hall–Kier alpha value is -2.80. The fourth-order valence-electron chi connectivity index (χ4n) is 1.89. The first-order chi connectivity index (χ1) is 11.2. The van der Waals surface area contributed by atoms with Gasteiger partial charge in [0, 0.05) is 18.0 Å². The van der Waals surface area contributed by atoms with E-state index in [1.807, 2.05) is 31.2 Å². The Morgan fingerprint density at radius 3 is 2.83 bits per heavy atom. The van der Waals surface area contributed by atoms with Crippen molar-refractivity contribution in [3.63, 3.8) is 0 Å². The van der Waals surface area contributed by atoms with Crippen molar-refractivity contribution in [2.45, 2.75) is 13.5 Å². The molecule has 1 amide bonds. The molecule has 0 radical (unpaired) electrons. The second kappa shape index (κ2) is 6.97. The number of nitrogens with one attached hydrogen (secondary N) is 1. The van der Waals surface area contributed by atoms with Crippen LogP contribution in [0, 0.1) is 6.92 Å². The van der Waals surface area contributed by atoms with Crippen LogP contribution in [-0.4, -0.2) is 21.1 Å². The number of aryl methyl sites for hydroxylation is 1. The summed E-state index contributed by atoms with van der Waals surface area (Å²) in [7, 11) is 0. The molecular formula is C16H14N4O2S. The van der Waals surface area contributed by atoms with Crippen LogP contribution in [-0.2, 0) is 6.61 Å². The predicted molar refractivity (Wildman–Crippen MR) is 87.6 cm³/mol. The highest BCUT2D eigenvalue weighted by atomic mass is 32.1. The van der Waals surface area contributed by atoms with Gasteiger partial charge in [-0.3, -0.25) is 15.1 Å². The van der Waals surface area contributed by atoms with Gasteiger partial charge in [-0.15, -0.1) is 10.2 Å². The number of aromatic nitrogens is 3. The zero-order valence-electron chi connectivity index (χ0n) is 12.4. The van der Waals surface area contributed by atoms with Crippen molar-refractivity contribution in [2.24, 2.45) is 0 Å². The number of rotatable bonds is 5. The largest absolute Gasteiger partial charge is 0.486 e. The van der Waals surface area contributed by atoms with E-state index in [9.17, 15) is 4.79 Å². The molecule has 23 heavy (non-hydrogen) atoms. The molecule has 116 valence electrons. The molecule has 0 atom stereocenters. The van der Waals surface area contributed by atoms with E-state index in [1.54, 1.807) is 24.5 Å². The van der Waals surface area contributed by atoms with Crippen LogP contribution in [0.3, 0.4) is 0 Å². The summed E-state index contributed by atoms with van der Waals surface area (Å²) in [5, 5.41) is 11.8. The molecule has 3 aromatic rings. The maximum atomic E-state index is 12.0. The molecular weight excluding hydrogens is 312 g/mol. The van der Waals surface area contributed by atoms with E-state index in [0.29, 0.717) is 22.3 Å². The van der Waals surface area contributed by atoms with Crippen molar-refractivity contribution in [3.05, 3.63) is 64.9 Å². The summed E-state index contributed by atoms with van der Waals surface area (Å²) < 4.78 is 5.66. The van der Waals surface area contributed by atoms with Crippen LogP contribution in [0.2, 0.25) is 0 Å². The van der Waals surface area contributed by atoms with E-state index in [0.717, 1.165) is 11.3 Å². The lowest BCUT2D eigenvalue weighted by Gasteiger charge is -2.03. The maximum Gasteiger partial charge on any atom is 0.257 e. The summed E-state index contributed by atoms with van der Waals surface area (Å²) in [5.41, 5.74) is 1.65. The van der Waals surface area contributed by atoms with Crippen LogP contribution < -0.4 is 10.1 Å². The van der Waals surface area contributed by atoms with Crippen molar-refractivity contribution >= 4 is 22.4 Å². The number of pyridine rings is 1. The van der Waals surface area contributed by atoms with Crippen molar-refractivity contribution in [2.75, 3.05) is 5.32 Å². The molecule has 0 saturated heterocycles. The molecule has 2 aromatic heterocycles. The Kier molecular flexibility index (Phi) is 4.58. The van der Waals surface area contributed by atoms with Gasteiger partial charge in [0.05, 0.1) is 0 Å². The van der Waals surface area contributed by atoms with E-state index < -0.39 is 0 Å². The van der Waals surface area contributed by atoms with Gasteiger partial charge in [0.2, 0.25) is 5.13 Å². The van der Waals surface area contributed by atoms with Crippen molar-refractivity contribution in [3.8, 4) is 5.75 Å². The van der Waals surface area contributed by atoms with Gasteiger partial charge in [-0.25, -0.2) is 0 Å². The molecule has 0 unspecified atom stereocenters. The SMILES string of the molecule is Cc1cccc(OCc2nnc(NC(=O)c3ccncc3)s2)c1. The molecule has 6 nitrogen and oxygen atoms in total. The Balaban J connectivity index is 1.59. The Morgan fingerprint density at radius 1 is 1.22 bits per heavy atom. The first-order valence-corrected chi connectivity index (χ1v) is 7.75. The number of benzene rings is 1. The molecule has 0 bridgehead atoms. The van der Waals surface area contributed by atoms with Crippen LogP contribution >= 0.6 is 11.3 Å². The highest BCUT2D eigenvalue weighted by molar-refractivity contribution is 7.15. The third-order valence-electron chi connectivity index (χ3n) is 2.98. The topological polar surface area (TPSA) is 77.0 Å². The van der Waals surface area contributed by atoms with Crippen molar-refractivity contribution in [1.29, 1.82) is 0 Å². The molecule has 3 rings (SSSR count). The number of amides is 1. The summed E-state index contributed by atoms with van der Waals surface area (Å²) in [5.74, 6) is 0.539. The van der Waals surface area contributed by atoms with E-state index in [2.05, 4.69) is 20.5 Å². The molecule has 0 fully saturated rings. The minimum atomic E-state index is -0.241. The monoisotopic (exact) mass is 326 g/mol. The molecule has 2 heterocycles. The molecule has 1 aromatic carbocycles. The summed E-state index contributed by atoms with van der Waals surface area (Å²) in [6, 6.07) is 11.1. The summed E-state index contributed by atoms with van der Waals surface area (Å²) >= 11 is 1.28. The standard InChI is InChI=1S/C16H14N4O2S/c1-11-3-2-4-13(9-11)22-10-14-19-20-16(23-14)18-15(21)12-5-7-17-8-6-12/h2-9H,10H2,1H3,(H,18,20,21). The van der Waals surface area contributed by atoms with Crippen LogP contribution in [0.5, 0.6) is 5.75 Å². The number of nitrogens with zero attached hydrogens (tertiary/aromatic N) is 3. The Morgan fingerprint density at radius 2 is 2.04 bits per heavy atom. The minimum absolute atomic E-state index is 0.241. The summed E-state index contributed by atoms with van der Waals surface area (Å²) in [6.07, 6.45) is 3.13. The minimum Gasteiger partial charge on any atom is -0.486 e. The number of carbonyl (C=O) groups excluding carboxylic acids is 1. The number of anilines is 1. The van der Waals surface area contributed by atoms with Gasteiger partial charge in [-0.2, -0.15) is 0 Å². The first-order valence-electron chi connectivity index (χ1n) is 6.94. The molecule has 0 spiro atoms. The third kappa shape index (κ3) is 4.10.